The summed E-state index contributed by atoms with van der Waals surface area (Å²) in [5.74, 6) is 0. The maximum Gasteiger partial charge on any atom is 0.0520 e. The van der Waals surface area contributed by atoms with Gasteiger partial charge in [0, 0.05) is 22.7 Å². The minimum absolute atomic E-state index is 1.14. The number of nitrogens with zero attached hydrogens (tertiary/aromatic N) is 2. The molecule has 56 heavy (non-hydrogen) atoms. The summed E-state index contributed by atoms with van der Waals surface area (Å²) >= 11 is 0. The first-order chi connectivity index (χ1) is 27.0. The maximum atomic E-state index is 2.38. The van der Waals surface area contributed by atoms with Crippen molar-refractivity contribution < 1.29 is 0 Å². The average molecular weight is 729 g/mol. The van der Waals surface area contributed by atoms with Crippen molar-refractivity contribution in [3.63, 3.8) is 0 Å². The van der Waals surface area contributed by atoms with Gasteiger partial charge in [0.2, 0.25) is 0 Å². The third-order valence-corrected chi connectivity index (χ3v) is 10.5. The number of aryl methyl sites for hydroxylation is 8. The summed E-state index contributed by atoms with van der Waals surface area (Å²) in [6, 6.07) is 53.1. The predicted octanol–water partition coefficient (Wildman–Crippen LogP) is 15.4. The molecule has 0 saturated heterocycles. The zero-order valence-electron chi connectivity index (χ0n) is 34.1. The molecule has 0 spiro atoms. The highest BCUT2D eigenvalue weighted by atomic mass is 15.2. The van der Waals surface area contributed by atoms with Crippen molar-refractivity contribution in [2.45, 2.75) is 55.4 Å². The van der Waals surface area contributed by atoms with Gasteiger partial charge in [0.25, 0.3) is 0 Å². The van der Waals surface area contributed by atoms with E-state index in [0.29, 0.717) is 0 Å². The predicted molar refractivity (Wildman–Crippen MR) is 244 cm³/mol. The molecule has 7 aromatic carbocycles. The monoisotopic (exact) mass is 728 g/mol. The van der Waals surface area contributed by atoms with Gasteiger partial charge in [0.1, 0.15) is 0 Å². The van der Waals surface area contributed by atoms with Crippen LogP contribution in [0.2, 0.25) is 0 Å². The van der Waals surface area contributed by atoms with Gasteiger partial charge in [-0.1, -0.05) is 144 Å². The van der Waals surface area contributed by atoms with Crippen LogP contribution in [0.5, 0.6) is 0 Å². The van der Waals surface area contributed by atoms with E-state index in [0.717, 1.165) is 33.9 Å². The first-order valence-electron chi connectivity index (χ1n) is 19.6. The number of rotatable bonds is 10. The van der Waals surface area contributed by atoms with Gasteiger partial charge in [0.15, 0.2) is 0 Å². The molecule has 0 N–H and O–H groups in total. The largest absolute Gasteiger partial charge is 0.310 e. The molecule has 278 valence electrons. The first-order valence-corrected chi connectivity index (χ1v) is 19.6. The van der Waals surface area contributed by atoms with Crippen LogP contribution in [-0.4, -0.2) is 0 Å². The summed E-state index contributed by atoms with van der Waals surface area (Å²) in [5, 5.41) is 0. The standard InChI is InChI=1S/C54H52N2/c1-37-13-25-49(26-14-37)55(53-41(5)33-39(3)34-42(53)6)51-29-19-45(20-30-51)17-23-47-11-9-10-12-48(47)24-18-46-21-31-52(32-22-46)56(50-27-15-38(2)16-28-50)54-43(7)35-40(4)36-44(54)8/h9-36H,1-8H3. The second kappa shape index (κ2) is 16.6. The van der Waals surface area contributed by atoms with Gasteiger partial charge in [-0.25, -0.2) is 0 Å². The lowest BCUT2D eigenvalue weighted by atomic mass is 10.0. The van der Waals surface area contributed by atoms with Crippen molar-refractivity contribution in [2.24, 2.45) is 0 Å². The molecule has 0 aliphatic rings. The lowest BCUT2D eigenvalue weighted by Crippen LogP contribution is -2.13. The minimum atomic E-state index is 1.14. The zero-order chi connectivity index (χ0) is 39.3. The van der Waals surface area contributed by atoms with Crippen molar-refractivity contribution in [1.82, 2.24) is 0 Å². The van der Waals surface area contributed by atoms with E-state index in [9.17, 15) is 0 Å². The van der Waals surface area contributed by atoms with Crippen LogP contribution in [0.15, 0.2) is 146 Å². The highest BCUT2D eigenvalue weighted by Crippen LogP contribution is 2.41. The molecule has 2 heteroatoms. The van der Waals surface area contributed by atoms with Crippen LogP contribution >= 0.6 is 0 Å². The summed E-state index contributed by atoms with van der Waals surface area (Å²) in [4.78, 5) is 4.77. The van der Waals surface area contributed by atoms with E-state index in [2.05, 4.69) is 235 Å². The molecule has 2 nitrogen and oxygen atoms in total. The molecule has 0 aliphatic heterocycles. The van der Waals surface area contributed by atoms with Gasteiger partial charge in [0.05, 0.1) is 11.4 Å². The fraction of sp³-hybridized carbons (Fsp3) is 0.148. The SMILES string of the molecule is Cc1ccc(N(c2ccc(C=Cc3ccccc3C=Cc3ccc(N(c4ccc(C)cc4)c4c(C)cc(C)cc4C)cc3)cc2)c2c(C)cc(C)cc2C)cc1. The van der Waals surface area contributed by atoms with Gasteiger partial charge in [-0.3, -0.25) is 0 Å². The van der Waals surface area contributed by atoms with Gasteiger partial charge >= 0.3 is 0 Å². The van der Waals surface area contributed by atoms with Gasteiger partial charge in [-0.05, 0) is 148 Å². The topological polar surface area (TPSA) is 6.48 Å². The van der Waals surface area contributed by atoms with Crippen molar-refractivity contribution in [3.05, 3.63) is 212 Å². The molecule has 7 rings (SSSR count). The second-order valence-electron chi connectivity index (χ2n) is 15.3. The van der Waals surface area contributed by atoms with Crippen molar-refractivity contribution in [3.8, 4) is 0 Å². The van der Waals surface area contributed by atoms with E-state index in [1.54, 1.807) is 0 Å². The fourth-order valence-corrected chi connectivity index (χ4v) is 7.91. The Bertz CT molecular complexity index is 2290. The third-order valence-electron chi connectivity index (χ3n) is 10.5. The molecule has 7 aromatic rings. The highest BCUT2D eigenvalue weighted by Gasteiger charge is 2.19. The Morgan fingerprint density at radius 2 is 0.589 bits per heavy atom. The lowest BCUT2D eigenvalue weighted by molar-refractivity contribution is 1.20. The van der Waals surface area contributed by atoms with Crippen LogP contribution < -0.4 is 9.80 Å². The molecular weight excluding hydrogens is 677 g/mol. The molecule has 0 saturated carbocycles. The van der Waals surface area contributed by atoms with Gasteiger partial charge < -0.3 is 9.80 Å². The normalized spacial score (nSPS) is 11.4. The molecule has 0 aromatic heterocycles. The molecule has 0 aliphatic carbocycles. The molecule has 0 bridgehead atoms. The van der Waals surface area contributed by atoms with Gasteiger partial charge in [-0.15, -0.1) is 0 Å². The third kappa shape index (κ3) is 8.46. The summed E-state index contributed by atoms with van der Waals surface area (Å²) in [5.41, 5.74) is 21.9. The molecule has 0 unspecified atom stereocenters. The van der Waals surface area contributed by atoms with E-state index >= 15 is 0 Å². The number of hydrogen-bond donors (Lipinski definition) is 0. The molecule has 0 atom stereocenters. The van der Waals surface area contributed by atoms with Crippen molar-refractivity contribution in [1.29, 1.82) is 0 Å². The van der Waals surface area contributed by atoms with E-state index in [1.807, 2.05) is 0 Å². The Kier molecular flexibility index (Phi) is 11.2. The maximum absolute atomic E-state index is 2.38. The lowest BCUT2D eigenvalue weighted by Gasteiger charge is -2.29. The number of hydrogen-bond acceptors (Lipinski definition) is 2. The summed E-state index contributed by atoms with van der Waals surface area (Å²) in [6.45, 7) is 17.5. The summed E-state index contributed by atoms with van der Waals surface area (Å²) in [6.07, 6.45) is 8.85. The molecule has 0 amide bonds. The second-order valence-corrected chi connectivity index (χ2v) is 15.3. The Labute approximate surface area is 334 Å². The first kappa shape index (κ1) is 37.9. The van der Waals surface area contributed by atoms with E-state index in [1.165, 1.54) is 67.0 Å². The van der Waals surface area contributed by atoms with Crippen LogP contribution in [0.1, 0.15) is 66.8 Å². The fourth-order valence-electron chi connectivity index (χ4n) is 7.91. The van der Waals surface area contributed by atoms with Gasteiger partial charge in [-0.2, -0.15) is 0 Å². The van der Waals surface area contributed by atoms with Crippen LogP contribution in [0.3, 0.4) is 0 Å². The molecular formula is C54H52N2. The Morgan fingerprint density at radius 3 is 0.893 bits per heavy atom. The van der Waals surface area contributed by atoms with E-state index in [-0.39, 0.29) is 0 Å². The quantitative estimate of drug-likeness (QED) is 0.129. The average Bonchev–Trinajstić information content (AvgIpc) is 3.18. The van der Waals surface area contributed by atoms with Crippen molar-refractivity contribution in [2.75, 3.05) is 9.80 Å². The number of benzene rings is 7. The summed E-state index contributed by atoms with van der Waals surface area (Å²) < 4.78 is 0. The van der Waals surface area contributed by atoms with Crippen LogP contribution in [0.25, 0.3) is 24.3 Å². The minimum Gasteiger partial charge on any atom is -0.310 e. The van der Waals surface area contributed by atoms with E-state index in [4.69, 9.17) is 0 Å². The van der Waals surface area contributed by atoms with Crippen LogP contribution in [-0.2, 0) is 0 Å². The Hall–Kier alpha value is -6.38. The smallest absolute Gasteiger partial charge is 0.0520 e. The van der Waals surface area contributed by atoms with Crippen LogP contribution in [0, 0.1) is 55.4 Å². The molecule has 0 fully saturated rings. The molecule has 0 radical (unpaired) electrons. The summed E-state index contributed by atoms with van der Waals surface area (Å²) in [7, 11) is 0. The Morgan fingerprint density at radius 1 is 0.304 bits per heavy atom. The number of anilines is 6. The van der Waals surface area contributed by atoms with E-state index < -0.39 is 0 Å². The highest BCUT2D eigenvalue weighted by molar-refractivity contribution is 5.84. The Balaban J connectivity index is 1.13. The molecule has 0 heterocycles. The van der Waals surface area contributed by atoms with Crippen LogP contribution in [0.4, 0.5) is 34.1 Å². The van der Waals surface area contributed by atoms with Crippen molar-refractivity contribution >= 4 is 58.4 Å². The zero-order valence-corrected chi connectivity index (χ0v) is 34.1.